The van der Waals surface area contributed by atoms with Crippen LogP contribution in [0.25, 0.3) is 11.4 Å². The molecule has 0 radical (unpaired) electrons. The Labute approximate surface area is 157 Å². The number of carbonyl (C=O) groups is 1. The fourth-order valence-electron chi connectivity index (χ4n) is 2.27. The Morgan fingerprint density at radius 2 is 2.07 bits per heavy atom. The van der Waals surface area contributed by atoms with Crippen molar-refractivity contribution in [3.05, 3.63) is 54.1 Å². The standard InChI is InChI=1S/C17H15F2N5O2S/c1-26-14-6-5-12(8-13(14)19)21-15(25)9-27-17-23-22-16(24(17)20)10-3-2-4-11(18)7-10/h2-8H,9,20H2,1H3,(H,21,25). The SMILES string of the molecule is COc1ccc(NC(=O)CSc2nnc(-c3cccc(F)c3)n2N)cc1F. The Kier molecular flexibility index (Phi) is 5.55. The van der Waals surface area contributed by atoms with Gasteiger partial charge >= 0.3 is 0 Å². The summed E-state index contributed by atoms with van der Waals surface area (Å²) in [6, 6.07) is 9.88. The van der Waals surface area contributed by atoms with Crippen molar-refractivity contribution in [2.45, 2.75) is 5.16 Å². The number of benzene rings is 2. The topological polar surface area (TPSA) is 95.1 Å². The van der Waals surface area contributed by atoms with E-state index in [2.05, 4.69) is 15.5 Å². The maximum absolute atomic E-state index is 13.7. The first-order chi connectivity index (χ1) is 13.0. The van der Waals surface area contributed by atoms with Crippen LogP contribution in [0, 0.1) is 11.6 Å². The molecule has 1 aromatic heterocycles. The van der Waals surface area contributed by atoms with E-state index in [1.807, 2.05) is 0 Å². The summed E-state index contributed by atoms with van der Waals surface area (Å²) in [4.78, 5) is 12.1. The molecule has 1 amide bonds. The highest BCUT2D eigenvalue weighted by atomic mass is 32.2. The lowest BCUT2D eigenvalue weighted by Gasteiger charge is -2.07. The summed E-state index contributed by atoms with van der Waals surface area (Å²) in [7, 11) is 1.36. The number of hydrogen-bond donors (Lipinski definition) is 2. The molecule has 3 N–H and O–H groups in total. The Bertz CT molecular complexity index is 980. The van der Waals surface area contributed by atoms with Crippen LogP contribution in [0.4, 0.5) is 14.5 Å². The van der Waals surface area contributed by atoms with E-state index >= 15 is 0 Å². The second-order valence-electron chi connectivity index (χ2n) is 5.37. The third kappa shape index (κ3) is 4.34. The molecule has 140 valence electrons. The highest BCUT2D eigenvalue weighted by Crippen LogP contribution is 2.23. The highest BCUT2D eigenvalue weighted by Gasteiger charge is 2.14. The number of aromatic nitrogens is 3. The van der Waals surface area contributed by atoms with Crippen LogP contribution in [0.1, 0.15) is 0 Å². The summed E-state index contributed by atoms with van der Waals surface area (Å²) < 4.78 is 33.0. The van der Waals surface area contributed by atoms with Crippen LogP contribution in [-0.2, 0) is 4.79 Å². The molecule has 3 aromatic rings. The molecule has 0 saturated heterocycles. The van der Waals surface area contributed by atoms with Crippen LogP contribution < -0.4 is 15.9 Å². The van der Waals surface area contributed by atoms with Crippen molar-refractivity contribution in [3.8, 4) is 17.1 Å². The lowest BCUT2D eigenvalue weighted by Crippen LogP contribution is -2.16. The number of methoxy groups -OCH3 is 1. The minimum atomic E-state index is -0.579. The van der Waals surface area contributed by atoms with Crippen LogP contribution in [0.5, 0.6) is 5.75 Å². The first-order valence-corrected chi connectivity index (χ1v) is 8.69. The van der Waals surface area contributed by atoms with Crippen molar-refractivity contribution in [1.29, 1.82) is 0 Å². The van der Waals surface area contributed by atoms with Gasteiger partial charge < -0.3 is 15.9 Å². The van der Waals surface area contributed by atoms with Crippen LogP contribution in [0.2, 0.25) is 0 Å². The number of ether oxygens (including phenoxy) is 1. The predicted octanol–water partition coefficient (Wildman–Crippen LogP) is 2.68. The van der Waals surface area contributed by atoms with Gasteiger partial charge in [-0.15, -0.1) is 10.2 Å². The molecule has 0 fully saturated rings. The maximum Gasteiger partial charge on any atom is 0.234 e. The van der Waals surface area contributed by atoms with E-state index in [0.29, 0.717) is 11.3 Å². The van der Waals surface area contributed by atoms with Crippen molar-refractivity contribution >= 4 is 23.4 Å². The van der Waals surface area contributed by atoms with E-state index in [0.717, 1.165) is 17.8 Å². The minimum absolute atomic E-state index is 0.0217. The number of hydrogen-bond acceptors (Lipinski definition) is 6. The third-order valence-corrected chi connectivity index (χ3v) is 4.46. The number of nitrogens with zero attached hydrogens (tertiary/aromatic N) is 3. The second-order valence-corrected chi connectivity index (χ2v) is 6.32. The summed E-state index contributed by atoms with van der Waals surface area (Å²) >= 11 is 1.05. The summed E-state index contributed by atoms with van der Waals surface area (Å²) in [6.45, 7) is 0. The fraction of sp³-hybridized carbons (Fsp3) is 0.118. The Balaban J connectivity index is 1.63. The van der Waals surface area contributed by atoms with Crippen LogP contribution in [0.3, 0.4) is 0 Å². The number of carbonyl (C=O) groups excluding carboxylic acids is 1. The summed E-state index contributed by atoms with van der Waals surface area (Å²) in [6.07, 6.45) is 0. The molecular weight excluding hydrogens is 376 g/mol. The van der Waals surface area contributed by atoms with Crippen molar-refractivity contribution in [3.63, 3.8) is 0 Å². The number of nitrogens with two attached hydrogens (primary N) is 1. The molecule has 0 aliphatic heterocycles. The van der Waals surface area contributed by atoms with Gasteiger partial charge in [-0.05, 0) is 24.3 Å². The van der Waals surface area contributed by atoms with Gasteiger partial charge in [0.2, 0.25) is 11.1 Å². The van der Waals surface area contributed by atoms with Gasteiger partial charge in [0.05, 0.1) is 12.9 Å². The van der Waals surface area contributed by atoms with E-state index < -0.39 is 11.6 Å². The second kappa shape index (κ2) is 8.04. The van der Waals surface area contributed by atoms with E-state index in [-0.39, 0.29) is 28.4 Å². The Morgan fingerprint density at radius 1 is 1.26 bits per heavy atom. The molecule has 0 aliphatic carbocycles. The molecule has 3 rings (SSSR count). The average Bonchev–Trinajstić information content (AvgIpc) is 3.01. The molecule has 0 saturated carbocycles. The van der Waals surface area contributed by atoms with E-state index in [1.165, 1.54) is 42.1 Å². The van der Waals surface area contributed by atoms with Crippen LogP contribution >= 0.6 is 11.8 Å². The van der Waals surface area contributed by atoms with Gasteiger partial charge in [0, 0.05) is 17.3 Å². The maximum atomic E-state index is 13.7. The monoisotopic (exact) mass is 391 g/mol. The molecule has 0 atom stereocenters. The Hall–Kier alpha value is -3.14. The molecule has 0 aliphatic rings. The van der Waals surface area contributed by atoms with Gasteiger partial charge in [-0.1, -0.05) is 23.9 Å². The first kappa shape index (κ1) is 18.6. The largest absolute Gasteiger partial charge is 0.494 e. The summed E-state index contributed by atoms with van der Waals surface area (Å²) in [5.74, 6) is 4.89. The molecule has 0 bridgehead atoms. The highest BCUT2D eigenvalue weighted by molar-refractivity contribution is 7.99. The zero-order valence-corrected chi connectivity index (χ0v) is 15.0. The van der Waals surface area contributed by atoms with Crippen molar-refractivity contribution in [1.82, 2.24) is 14.9 Å². The smallest absolute Gasteiger partial charge is 0.234 e. The van der Waals surface area contributed by atoms with Gasteiger partial charge in [-0.25, -0.2) is 13.5 Å². The van der Waals surface area contributed by atoms with E-state index in [4.69, 9.17) is 10.6 Å². The average molecular weight is 391 g/mol. The third-order valence-electron chi connectivity index (χ3n) is 3.52. The molecule has 10 heteroatoms. The van der Waals surface area contributed by atoms with Crippen LogP contribution in [-0.4, -0.2) is 33.6 Å². The zero-order chi connectivity index (χ0) is 19.4. The number of nitrogen functional groups attached to an aromatic ring is 1. The number of amides is 1. The van der Waals surface area contributed by atoms with Crippen molar-refractivity contribution < 1.29 is 18.3 Å². The van der Waals surface area contributed by atoms with Gasteiger partial charge in [0.15, 0.2) is 17.4 Å². The predicted molar refractivity (Wildman–Crippen MR) is 97.9 cm³/mol. The quantitative estimate of drug-likeness (QED) is 0.496. The normalized spacial score (nSPS) is 10.6. The Morgan fingerprint density at radius 3 is 2.78 bits per heavy atom. The molecule has 1 heterocycles. The van der Waals surface area contributed by atoms with Crippen molar-refractivity contribution in [2.24, 2.45) is 0 Å². The van der Waals surface area contributed by atoms with Gasteiger partial charge in [-0.3, -0.25) is 4.79 Å². The molecule has 7 nitrogen and oxygen atoms in total. The number of nitrogens with one attached hydrogen (secondary N) is 1. The molecule has 0 spiro atoms. The molecule has 27 heavy (non-hydrogen) atoms. The summed E-state index contributed by atoms with van der Waals surface area (Å²) in [5.41, 5.74) is 0.767. The molecule has 0 unspecified atom stereocenters. The number of thioether (sulfide) groups is 1. The van der Waals surface area contributed by atoms with Crippen molar-refractivity contribution in [2.75, 3.05) is 24.0 Å². The molecular formula is C17H15F2N5O2S. The fourth-order valence-corrected chi connectivity index (χ4v) is 2.93. The van der Waals surface area contributed by atoms with Gasteiger partial charge in [0.1, 0.15) is 5.82 Å². The number of rotatable bonds is 6. The summed E-state index contributed by atoms with van der Waals surface area (Å²) in [5, 5.41) is 10.7. The van der Waals surface area contributed by atoms with Crippen LogP contribution in [0.15, 0.2) is 47.6 Å². The molecule has 2 aromatic carbocycles. The lowest BCUT2D eigenvalue weighted by atomic mass is 10.2. The number of anilines is 1. The number of halogens is 2. The lowest BCUT2D eigenvalue weighted by molar-refractivity contribution is -0.113. The zero-order valence-electron chi connectivity index (χ0n) is 14.1. The van der Waals surface area contributed by atoms with Gasteiger partial charge in [0.25, 0.3) is 0 Å². The minimum Gasteiger partial charge on any atom is -0.494 e. The van der Waals surface area contributed by atoms with E-state index in [9.17, 15) is 13.6 Å². The van der Waals surface area contributed by atoms with Gasteiger partial charge in [-0.2, -0.15) is 0 Å². The first-order valence-electron chi connectivity index (χ1n) is 7.70. The van der Waals surface area contributed by atoms with E-state index in [1.54, 1.807) is 6.07 Å².